The first-order valence-electron chi connectivity index (χ1n) is 7.22. The van der Waals surface area contributed by atoms with Gasteiger partial charge in [0.1, 0.15) is 6.04 Å². The Morgan fingerprint density at radius 2 is 2.21 bits per heavy atom. The average molecular weight is 259 g/mol. The van der Waals surface area contributed by atoms with Gasteiger partial charge in [0.05, 0.1) is 12.1 Å². The van der Waals surface area contributed by atoms with Crippen molar-refractivity contribution < 1.29 is 4.79 Å². The van der Waals surface area contributed by atoms with Crippen molar-refractivity contribution in [3.63, 3.8) is 0 Å². The van der Waals surface area contributed by atoms with Gasteiger partial charge in [-0.25, -0.2) is 0 Å². The van der Waals surface area contributed by atoms with Gasteiger partial charge in [-0.1, -0.05) is 18.9 Å². The van der Waals surface area contributed by atoms with Crippen LogP contribution in [0.2, 0.25) is 0 Å². The molecule has 4 atom stereocenters. The summed E-state index contributed by atoms with van der Waals surface area (Å²) >= 11 is 0. The maximum atomic E-state index is 12.6. The summed E-state index contributed by atoms with van der Waals surface area (Å²) in [6, 6.07) is 1.52. The Hall–Kier alpha value is -1.34. The minimum atomic E-state index is -0.527. The van der Waals surface area contributed by atoms with E-state index in [1.807, 2.05) is 6.08 Å². The minimum Gasteiger partial charge on any atom is -0.325 e. The van der Waals surface area contributed by atoms with E-state index in [-0.39, 0.29) is 17.4 Å². The van der Waals surface area contributed by atoms with Crippen LogP contribution >= 0.6 is 0 Å². The van der Waals surface area contributed by atoms with Crippen LogP contribution in [-0.2, 0) is 4.79 Å². The first kappa shape index (κ1) is 12.7. The second kappa shape index (κ2) is 4.35. The van der Waals surface area contributed by atoms with E-state index in [2.05, 4.69) is 12.6 Å². The third kappa shape index (κ3) is 1.80. The van der Waals surface area contributed by atoms with Crippen molar-refractivity contribution >= 4 is 5.91 Å². The van der Waals surface area contributed by atoms with Crippen LogP contribution in [0.25, 0.3) is 0 Å². The lowest BCUT2D eigenvalue weighted by molar-refractivity contribution is -0.135. The number of nitrogens with zero attached hydrogens (tertiary/aromatic N) is 2. The van der Waals surface area contributed by atoms with Crippen LogP contribution in [0.3, 0.4) is 0 Å². The van der Waals surface area contributed by atoms with Gasteiger partial charge in [0.2, 0.25) is 5.91 Å². The average Bonchev–Trinajstić information content (AvgIpc) is 2.92. The molecule has 0 radical (unpaired) electrons. The maximum Gasteiger partial charge on any atom is 0.241 e. The van der Waals surface area contributed by atoms with E-state index in [0.29, 0.717) is 11.8 Å². The van der Waals surface area contributed by atoms with Gasteiger partial charge >= 0.3 is 0 Å². The van der Waals surface area contributed by atoms with Crippen LogP contribution in [0.4, 0.5) is 0 Å². The molecular formula is C15H21N3O. The van der Waals surface area contributed by atoms with Crippen LogP contribution in [0.1, 0.15) is 32.1 Å². The fourth-order valence-electron chi connectivity index (χ4n) is 3.96. The first-order chi connectivity index (χ1) is 9.13. The van der Waals surface area contributed by atoms with Gasteiger partial charge < -0.3 is 10.6 Å². The Balaban J connectivity index is 1.77. The molecule has 19 heavy (non-hydrogen) atoms. The molecule has 2 N–H and O–H groups in total. The summed E-state index contributed by atoms with van der Waals surface area (Å²) in [6.07, 6.45) is 7.09. The van der Waals surface area contributed by atoms with Gasteiger partial charge in [-0.15, -0.1) is 6.58 Å². The maximum absolute atomic E-state index is 12.6. The van der Waals surface area contributed by atoms with E-state index >= 15 is 0 Å². The minimum absolute atomic E-state index is 0.0412. The third-order valence-corrected chi connectivity index (χ3v) is 5.39. The first-order valence-corrected chi connectivity index (χ1v) is 7.22. The molecule has 0 bridgehead atoms. The number of amides is 1. The molecule has 102 valence electrons. The molecule has 1 heterocycles. The van der Waals surface area contributed by atoms with Crippen molar-refractivity contribution in [2.75, 3.05) is 6.54 Å². The Labute approximate surface area is 114 Å². The van der Waals surface area contributed by atoms with Crippen molar-refractivity contribution in [3.8, 4) is 6.07 Å². The Morgan fingerprint density at radius 3 is 2.79 bits per heavy atom. The molecule has 1 amide bonds. The van der Waals surface area contributed by atoms with E-state index in [0.717, 1.165) is 38.6 Å². The van der Waals surface area contributed by atoms with E-state index < -0.39 is 6.04 Å². The number of carbonyl (C=O) groups excluding carboxylic acids is 1. The van der Waals surface area contributed by atoms with E-state index in [4.69, 9.17) is 5.73 Å². The lowest BCUT2D eigenvalue weighted by Crippen LogP contribution is -2.53. The van der Waals surface area contributed by atoms with Crippen molar-refractivity contribution in [2.24, 2.45) is 23.0 Å². The van der Waals surface area contributed by atoms with E-state index in [9.17, 15) is 10.1 Å². The van der Waals surface area contributed by atoms with Gasteiger partial charge in [0, 0.05) is 12.0 Å². The zero-order valence-corrected chi connectivity index (χ0v) is 11.2. The number of nitrogens with two attached hydrogens (primary N) is 1. The van der Waals surface area contributed by atoms with Gasteiger partial charge in [-0.3, -0.25) is 4.79 Å². The number of carbonyl (C=O) groups is 1. The SMILES string of the molecule is C=CC1(C(N)C(=O)N2CC3CC3C2C#N)CCCC1. The lowest BCUT2D eigenvalue weighted by atomic mass is 9.78. The number of piperidine rings is 1. The van der Waals surface area contributed by atoms with Gasteiger partial charge in [0.25, 0.3) is 0 Å². The summed E-state index contributed by atoms with van der Waals surface area (Å²) in [5.41, 5.74) is 6.01. The Bertz CT molecular complexity index is 447. The van der Waals surface area contributed by atoms with Gasteiger partial charge in [-0.2, -0.15) is 5.26 Å². The van der Waals surface area contributed by atoms with Crippen molar-refractivity contribution in [1.82, 2.24) is 4.90 Å². The molecule has 3 rings (SSSR count). The number of rotatable bonds is 3. The molecule has 4 heteroatoms. The summed E-state index contributed by atoms with van der Waals surface area (Å²) in [7, 11) is 0. The number of fused-ring (bicyclic) bond motifs is 1. The number of hydrogen-bond donors (Lipinski definition) is 1. The molecule has 0 spiro atoms. The van der Waals surface area contributed by atoms with Crippen LogP contribution in [-0.4, -0.2) is 29.4 Å². The predicted octanol–water partition coefficient (Wildman–Crippen LogP) is 1.43. The molecule has 3 aliphatic rings. The molecule has 2 saturated carbocycles. The molecule has 4 unspecified atom stereocenters. The van der Waals surface area contributed by atoms with Crippen LogP contribution < -0.4 is 5.73 Å². The largest absolute Gasteiger partial charge is 0.325 e. The highest BCUT2D eigenvalue weighted by Gasteiger charge is 2.56. The van der Waals surface area contributed by atoms with Crippen LogP contribution in [0.5, 0.6) is 0 Å². The highest BCUT2D eigenvalue weighted by Crippen LogP contribution is 2.50. The highest BCUT2D eigenvalue weighted by molar-refractivity contribution is 5.84. The Kier molecular flexibility index (Phi) is 2.90. The molecule has 1 saturated heterocycles. The highest BCUT2D eigenvalue weighted by atomic mass is 16.2. The fourth-order valence-corrected chi connectivity index (χ4v) is 3.96. The molecule has 4 nitrogen and oxygen atoms in total. The smallest absolute Gasteiger partial charge is 0.241 e. The standard InChI is InChI=1S/C15H21N3O/c1-2-15(5-3-4-6-15)13(17)14(19)18-9-10-7-11(10)12(18)8-16/h2,10-13H,1,3-7,9,17H2. The van der Waals surface area contributed by atoms with Crippen molar-refractivity contribution in [3.05, 3.63) is 12.7 Å². The van der Waals surface area contributed by atoms with Crippen LogP contribution in [0.15, 0.2) is 12.7 Å². The molecule has 3 fully saturated rings. The summed E-state index contributed by atoms with van der Waals surface area (Å²) in [4.78, 5) is 14.4. The molecule has 1 aliphatic heterocycles. The third-order valence-electron chi connectivity index (χ3n) is 5.39. The second-order valence-corrected chi connectivity index (χ2v) is 6.35. The summed E-state index contributed by atoms with van der Waals surface area (Å²) in [5.74, 6) is 0.911. The van der Waals surface area contributed by atoms with Crippen molar-refractivity contribution in [2.45, 2.75) is 44.2 Å². The predicted molar refractivity (Wildman–Crippen MR) is 71.8 cm³/mol. The molecule has 2 aliphatic carbocycles. The van der Waals surface area contributed by atoms with E-state index in [1.165, 1.54) is 0 Å². The number of nitriles is 1. The van der Waals surface area contributed by atoms with Gasteiger partial charge in [0.15, 0.2) is 0 Å². The number of likely N-dealkylation sites (tertiary alicyclic amines) is 1. The lowest BCUT2D eigenvalue weighted by Gasteiger charge is -2.35. The summed E-state index contributed by atoms with van der Waals surface area (Å²) in [6.45, 7) is 4.62. The second-order valence-electron chi connectivity index (χ2n) is 6.35. The monoisotopic (exact) mass is 259 g/mol. The summed E-state index contributed by atoms with van der Waals surface area (Å²) in [5, 5.41) is 9.25. The fraction of sp³-hybridized carbons (Fsp3) is 0.733. The Morgan fingerprint density at radius 1 is 1.53 bits per heavy atom. The zero-order chi connectivity index (χ0) is 13.6. The van der Waals surface area contributed by atoms with Crippen molar-refractivity contribution in [1.29, 1.82) is 5.26 Å². The molecular weight excluding hydrogens is 238 g/mol. The zero-order valence-electron chi connectivity index (χ0n) is 11.2. The quantitative estimate of drug-likeness (QED) is 0.779. The molecule has 0 aromatic carbocycles. The van der Waals surface area contributed by atoms with E-state index in [1.54, 1.807) is 4.90 Å². The summed E-state index contributed by atoms with van der Waals surface area (Å²) < 4.78 is 0. The topological polar surface area (TPSA) is 70.1 Å². The number of hydrogen-bond acceptors (Lipinski definition) is 3. The molecule has 0 aromatic heterocycles. The molecule has 0 aromatic rings. The van der Waals surface area contributed by atoms with Gasteiger partial charge in [-0.05, 0) is 31.1 Å². The van der Waals surface area contributed by atoms with Crippen LogP contribution in [0, 0.1) is 28.6 Å². The normalized spacial score (nSPS) is 36.4.